The van der Waals surface area contributed by atoms with E-state index in [1.54, 1.807) is 18.2 Å². The maximum absolute atomic E-state index is 12.9. The molecule has 2 aromatic carbocycles. The summed E-state index contributed by atoms with van der Waals surface area (Å²) in [6.45, 7) is 0. The zero-order chi connectivity index (χ0) is 18.3. The van der Waals surface area contributed by atoms with Crippen molar-refractivity contribution in [3.63, 3.8) is 0 Å². The van der Waals surface area contributed by atoms with E-state index in [2.05, 4.69) is 10.6 Å². The smallest absolute Gasteiger partial charge is 0.264 e. The van der Waals surface area contributed by atoms with E-state index in [1.807, 2.05) is 30.3 Å². The summed E-state index contributed by atoms with van der Waals surface area (Å²) in [7, 11) is 0. The van der Waals surface area contributed by atoms with Crippen LogP contribution in [0.2, 0.25) is 0 Å². The van der Waals surface area contributed by atoms with Gasteiger partial charge >= 0.3 is 0 Å². The van der Waals surface area contributed by atoms with Gasteiger partial charge in [-0.05, 0) is 30.7 Å². The lowest BCUT2D eigenvalue weighted by Crippen LogP contribution is -2.54. The van der Waals surface area contributed by atoms with Crippen molar-refractivity contribution in [3.05, 3.63) is 59.7 Å². The molecule has 1 saturated heterocycles. The number of nitrogens with zero attached hydrogens (tertiary/aromatic N) is 1. The number of amides is 4. The average Bonchev–Trinajstić information content (AvgIpc) is 2.88. The lowest BCUT2D eigenvalue weighted by atomic mass is 10.0. The Morgan fingerprint density at radius 2 is 1.69 bits per heavy atom. The van der Waals surface area contributed by atoms with Gasteiger partial charge in [0.25, 0.3) is 11.8 Å². The second kappa shape index (κ2) is 6.11. The van der Waals surface area contributed by atoms with Crippen LogP contribution in [0.15, 0.2) is 48.5 Å². The van der Waals surface area contributed by atoms with Crippen LogP contribution in [0.25, 0.3) is 0 Å². The van der Waals surface area contributed by atoms with Gasteiger partial charge in [0.15, 0.2) is 0 Å². The first-order chi connectivity index (χ1) is 12.6. The molecule has 2 aliphatic rings. The second-order valence-electron chi connectivity index (χ2n) is 6.17. The van der Waals surface area contributed by atoms with Crippen LogP contribution in [0.4, 0.5) is 11.4 Å². The zero-order valence-corrected chi connectivity index (χ0v) is 13.7. The van der Waals surface area contributed by atoms with Gasteiger partial charge < -0.3 is 5.32 Å². The third-order valence-electron chi connectivity index (χ3n) is 4.52. The van der Waals surface area contributed by atoms with Crippen LogP contribution in [-0.4, -0.2) is 34.6 Å². The van der Waals surface area contributed by atoms with E-state index in [-0.39, 0.29) is 24.0 Å². The van der Waals surface area contributed by atoms with Crippen molar-refractivity contribution >= 4 is 35.0 Å². The SMILES string of the molecule is O=C1CC[C@H](N2C(=O)c3cccc(Nc4ccccc4)c3C2=O)C(=O)N1. The fourth-order valence-electron chi connectivity index (χ4n) is 3.30. The van der Waals surface area contributed by atoms with E-state index in [1.165, 1.54) is 0 Å². The van der Waals surface area contributed by atoms with Gasteiger partial charge in [-0.3, -0.25) is 29.4 Å². The molecule has 4 amide bonds. The Balaban J connectivity index is 1.69. The Morgan fingerprint density at radius 1 is 0.923 bits per heavy atom. The molecule has 2 aromatic rings. The van der Waals surface area contributed by atoms with Crippen molar-refractivity contribution in [1.82, 2.24) is 10.2 Å². The molecule has 2 N–H and O–H groups in total. The average molecular weight is 349 g/mol. The number of hydrogen-bond donors (Lipinski definition) is 2. The predicted octanol–water partition coefficient (Wildman–Crippen LogP) is 1.83. The van der Waals surface area contributed by atoms with Gasteiger partial charge in [0, 0.05) is 12.1 Å². The topological polar surface area (TPSA) is 95.6 Å². The molecule has 0 radical (unpaired) electrons. The Labute approximate surface area is 149 Å². The summed E-state index contributed by atoms with van der Waals surface area (Å²) in [4.78, 5) is 50.1. The normalized spacial score (nSPS) is 19.4. The summed E-state index contributed by atoms with van der Waals surface area (Å²) in [5.41, 5.74) is 1.77. The highest BCUT2D eigenvalue weighted by molar-refractivity contribution is 6.25. The fourth-order valence-corrected chi connectivity index (χ4v) is 3.30. The number of piperidine rings is 1. The zero-order valence-electron chi connectivity index (χ0n) is 13.7. The van der Waals surface area contributed by atoms with Gasteiger partial charge in [-0.1, -0.05) is 24.3 Å². The standard InChI is InChI=1S/C19H15N3O4/c23-15-10-9-14(17(24)21-15)22-18(25)12-7-4-8-13(16(12)19(22)26)20-11-5-2-1-3-6-11/h1-8,14,20H,9-10H2,(H,21,23,24)/t14-/m0/s1. The number of hydrogen-bond acceptors (Lipinski definition) is 5. The third kappa shape index (κ3) is 2.54. The minimum atomic E-state index is -0.968. The number of fused-ring (bicyclic) bond motifs is 1. The molecule has 1 atom stereocenters. The summed E-state index contributed by atoms with van der Waals surface area (Å²) >= 11 is 0. The number of carbonyl (C=O) groups is 4. The number of nitrogens with one attached hydrogen (secondary N) is 2. The van der Waals surface area contributed by atoms with Crippen molar-refractivity contribution in [3.8, 4) is 0 Å². The van der Waals surface area contributed by atoms with Gasteiger partial charge in [0.05, 0.1) is 16.8 Å². The van der Waals surface area contributed by atoms with Crippen LogP contribution in [0, 0.1) is 0 Å². The minimum Gasteiger partial charge on any atom is -0.355 e. The van der Waals surface area contributed by atoms with E-state index >= 15 is 0 Å². The highest BCUT2D eigenvalue weighted by atomic mass is 16.2. The molecule has 0 aliphatic carbocycles. The Hall–Kier alpha value is -3.48. The molecular weight excluding hydrogens is 334 g/mol. The van der Waals surface area contributed by atoms with Crippen molar-refractivity contribution < 1.29 is 19.2 Å². The quantitative estimate of drug-likeness (QED) is 0.824. The number of para-hydroxylation sites is 1. The molecule has 4 rings (SSSR count). The largest absolute Gasteiger partial charge is 0.355 e. The number of rotatable bonds is 3. The van der Waals surface area contributed by atoms with Crippen LogP contribution in [0.5, 0.6) is 0 Å². The highest BCUT2D eigenvalue weighted by Gasteiger charge is 2.45. The van der Waals surface area contributed by atoms with Crippen LogP contribution < -0.4 is 10.6 Å². The van der Waals surface area contributed by atoms with Crippen LogP contribution in [-0.2, 0) is 9.59 Å². The highest BCUT2D eigenvalue weighted by Crippen LogP contribution is 2.33. The van der Waals surface area contributed by atoms with Crippen LogP contribution in [0.3, 0.4) is 0 Å². The summed E-state index contributed by atoms with van der Waals surface area (Å²) in [5, 5.41) is 5.33. The Morgan fingerprint density at radius 3 is 2.42 bits per heavy atom. The summed E-state index contributed by atoms with van der Waals surface area (Å²) in [5.74, 6) is -2.06. The number of benzene rings is 2. The number of imide groups is 2. The van der Waals surface area contributed by atoms with E-state index in [4.69, 9.17) is 0 Å². The molecule has 0 unspecified atom stereocenters. The minimum absolute atomic E-state index is 0.0962. The molecule has 1 fully saturated rings. The van der Waals surface area contributed by atoms with Crippen LogP contribution in [0.1, 0.15) is 33.6 Å². The monoisotopic (exact) mass is 349 g/mol. The fraction of sp³-hybridized carbons (Fsp3) is 0.158. The summed E-state index contributed by atoms with van der Waals surface area (Å²) in [6.07, 6.45) is 0.233. The molecule has 2 aliphatic heterocycles. The molecule has 2 heterocycles. The second-order valence-corrected chi connectivity index (χ2v) is 6.17. The maximum Gasteiger partial charge on any atom is 0.264 e. The Kier molecular flexibility index (Phi) is 3.76. The molecule has 130 valence electrons. The lowest BCUT2D eigenvalue weighted by Gasteiger charge is -2.27. The van der Waals surface area contributed by atoms with E-state index in [9.17, 15) is 19.2 Å². The first-order valence-corrected chi connectivity index (χ1v) is 8.23. The van der Waals surface area contributed by atoms with Crippen molar-refractivity contribution in [2.24, 2.45) is 0 Å². The maximum atomic E-state index is 12.9. The number of carbonyl (C=O) groups excluding carboxylic acids is 4. The van der Waals surface area contributed by atoms with E-state index in [0.29, 0.717) is 5.69 Å². The van der Waals surface area contributed by atoms with Gasteiger partial charge in [0.2, 0.25) is 11.8 Å². The molecule has 26 heavy (non-hydrogen) atoms. The number of anilines is 2. The van der Waals surface area contributed by atoms with Gasteiger partial charge in [-0.15, -0.1) is 0 Å². The molecule has 0 saturated carbocycles. The Bertz CT molecular complexity index is 939. The summed E-state index contributed by atoms with van der Waals surface area (Å²) in [6, 6.07) is 13.3. The third-order valence-corrected chi connectivity index (χ3v) is 4.52. The summed E-state index contributed by atoms with van der Waals surface area (Å²) < 4.78 is 0. The van der Waals surface area contributed by atoms with E-state index in [0.717, 1.165) is 10.6 Å². The van der Waals surface area contributed by atoms with Crippen molar-refractivity contribution in [2.75, 3.05) is 5.32 Å². The molecule has 7 nitrogen and oxygen atoms in total. The van der Waals surface area contributed by atoms with Crippen molar-refractivity contribution in [2.45, 2.75) is 18.9 Å². The first kappa shape index (κ1) is 16.0. The van der Waals surface area contributed by atoms with Gasteiger partial charge in [-0.25, -0.2) is 0 Å². The van der Waals surface area contributed by atoms with Crippen LogP contribution >= 0.6 is 0 Å². The lowest BCUT2D eigenvalue weighted by molar-refractivity contribution is -0.136. The van der Waals surface area contributed by atoms with Crippen molar-refractivity contribution in [1.29, 1.82) is 0 Å². The molecule has 0 spiro atoms. The molecular formula is C19H15N3O4. The predicted molar refractivity (Wildman–Crippen MR) is 92.8 cm³/mol. The van der Waals surface area contributed by atoms with Gasteiger partial charge in [0.1, 0.15) is 6.04 Å². The molecule has 0 aromatic heterocycles. The molecule has 7 heteroatoms. The first-order valence-electron chi connectivity index (χ1n) is 8.23. The van der Waals surface area contributed by atoms with E-state index < -0.39 is 29.7 Å². The van der Waals surface area contributed by atoms with Gasteiger partial charge in [-0.2, -0.15) is 0 Å². The molecule has 0 bridgehead atoms.